The Labute approximate surface area is 114 Å². The summed E-state index contributed by atoms with van der Waals surface area (Å²) in [5.74, 6) is 2.72. The number of Topliss-reactive ketones (excluding diaryl/α,β-unsaturated/α-hetero) is 1. The lowest BCUT2D eigenvalue weighted by atomic mass is 10.0. The maximum atomic E-state index is 12.1. The van der Waals surface area contributed by atoms with Gasteiger partial charge in [-0.05, 0) is 56.2 Å². The Morgan fingerprint density at radius 3 is 2.56 bits per heavy atom. The number of ether oxygens (including phenoxy) is 1. The molecule has 2 nitrogen and oxygen atoms in total. The Morgan fingerprint density at radius 2 is 1.94 bits per heavy atom. The van der Waals surface area contributed by atoms with Crippen LogP contribution in [0.1, 0.15) is 41.8 Å². The van der Waals surface area contributed by atoms with Crippen LogP contribution in [-0.2, 0) is 0 Å². The lowest BCUT2D eigenvalue weighted by Crippen LogP contribution is -2.07. The molecule has 0 unspecified atom stereocenters. The van der Waals surface area contributed by atoms with Crippen LogP contribution in [0.25, 0.3) is 0 Å². The Morgan fingerprint density at radius 1 is 1.22 bits per heavy atom. The van der Waals surface area contributed by atoms with Crippen molar-refractivity contribution in [2.75, 3.05) is 18.1 Å². The van der Waals surface area contributed by atoms with Crippen LogP contribution >= 0.6 is 11.8 Å². The molecular formula is C15H22O2S. The van der Waals surface area contributed by atoms with E-state index in [0.29, 0.717) is 12.4 Å². The second kappa shape index (κ2) is 7.47. The normalized spacial score (nSPS) is 10.4. The minimum Gasteiger partial charge on any atom is -0.494 e. The second-order valence-electron chi connectivity index (χ2n) is 4.34. The van der Waals surface area contributed by atoms with E-state index < -0.39 is 0 Å². The Balaban J connectivity index is 2.83. The van der Waals surface area contributed by atoms with E-state index in [-0.39, 0.29) is 5.78 Å². The standard InChI is InChI=1S/C15H22O2S/c1-5-7-18-10-14(16)13-8-12(4)15(17-6-2)9-11(13)3/h8-9H,5-7,10H2,1-4H3. The number of hydrogen-bond donors (Lipinski definition) is 0. The molecule has 0 aliphatic carbocycles. The molecule has 0 N–H and O–H groups in total. The van der Waals surface area contributed by atoms with Crippen molar-refractivity contribution < 1.29 is 9.53 Å². The van der Waals surface area contributed by atoms with Crippen molar-refractivity contribution in [2.45, 2.75) is 34.1 Å². The van der Waals surface area contributed by atoms with E-state index in [4.69, 9.17) is 4.74 Å². The van der Waals surface area contributed by atoms with Crippen molar-refractivity contribution >= 4 is 17.5 Å². The first-order valence-electron chi connectivity index (χ1n) is 6.45. The summed E-state index contributed by atoms with van der Waals surface area (Å²) < 4.78 is 5.53. The van der Waals surface area contributed by atoms with Gasteiger partial charge in [0.05, 0.1) is 12.4 Å². The molecule has 0 aliphatic rings. The number of rotatable bonds is 7. The number of carbonyl (C=O) groups excluding carboxylic acids is 1. The van der Waals surface area contributed by atoms with Crippen molar-refractivity contribution in [1.82, 2.24) is 0 Å². The van der Waals surface area contributed by atoms with Gasteiger partial charge in [-0.1, -0.05) is 6.92 Å². The summed E-state index contributed by atoms with van der Waals surface area (Å²) in [6, 6.07) is 3.92. The highest BCUT2D eigenvalue weighted by atomic mass is 32.2. The van der Waals surface area contributed by atoms with Crippen molar-refractivity contribution in [3.8, 4) is 5.75 Å². The van der Waals surface area contributed by atoms with Crippen molar-refractivity contribution in [3.63, 3.8) is 0 Å². The van der Waals surface area contributed by atoms with Gasteiger partial charge in [-0.2, -0.15) is 11.8 Å². The van der Waals surface area contributed by atoms with Crippen molar-refractivity contribution in [3.05, 3.63) is 28.8 Å². The fraction of sp³-hybridized carbons (Fsp3) is 0.533. The van der Waals surface area contributed by atoms with E-state index in [1.54, 1.807) is 11.8 Å². The van der Waals surface area contributed by atoms with Crippen LogP contribution in [0.15, 0.2) is 12.1 Å². The van der Waals surface area contributed by atoms with Crippen LogP contribution in [0.3, 0.4) is 0 Å². The van der Waals surface area contributed by atoms with Crippen molar-refractivity contribution in [2.24, 2.45) is 0 Å². The van der Waals surface area contributed by atoms with Gasteiger partial charge in [0, 0.05) is 5.56 Å². The lowest BCUT2D eigenvalue weighted by molar-refractivity contribution is 0.102. The summed E-state index contributed by atoms with van der Waals surface area (Å²) in [4.78, 5) is 12.1. The van der Waals surface area contributed by atoms with Gasteiger partial charge in [-0.15, -0.1) is 0 Å². The molecular weight excluding hydrogens is 244 g/mol. The Kier molecular flexibility index (Phi) is 6.27. The number of hydrogen-bond acceptors (Lipinski definition) is 3. The van der Waals surface area contributed by atoms with E-state index >= 15 is 0 Å². The van der Waals surface area contributed by atoms with Gasteiger partial charge in [0.15, 0.2) is 5.78 Å². The molecule has 0 fully saturated rings. The first-order chi connectivity index (χ1) is 8.60. The smallest absolute Gasteiger partial charge is 0.172 e. The SMILES string of the molecule is CCCSCC(=O)c1cc(C)c(OCC)cc1C. The minimum absolute atomic E-state index is 0.220. The van der Waals surface area contributed by atoms with Gasteiger partial charge < -0.3 is 4.74 Å². The number of benzene rings is 1. The quantitative estimate of drug-likeness (QED) is 0.550. The van der Waals surface area contributed by atoms with Crippen LogP contribution in [0.4, 0.5) is 0 Å². The van der Waals surface area contributed by atoms with Gasteiger partial charge in [0.1, 0.15) is 5.75 Å². The third-order valence-corrected chi connectivity index (χ3v) is 3.87. The summed E-state index contributed by atoms with van der Waals surface area (Å²) in [5, 5.41) is 0. The predicted octanol–water partition coefficient (Wildman–Crippen LogP) is 4.03. The lowest BCUT2D eigenvalue weighted by Gasteiger charge is -2.11. The second-order valence-corrected chi connectivity index (χ2v) is 5.45. The highest BCUT2D eigenvalue weighted by Gasteiger charge is 2.12. The zero-order chi connectivity index (χ0) is 13.5. The van der Waals surface area contributed by atoms with E-state index in [1.807, 2.05) is 32.9 Å². The molecule has 18 heavy (non-hydrogen) atoms. The maximum absolute atomic E-state index is 12.1. The van der Waals surface area contributed by atoms with E-state index in [1.165, 1.54) is 0 Å². The van der Waals surface area contributed by atoms with Gasteiger partial charge in [-0.25, -0.2) is 0 Å². The van der Waals surface area contributed by atoms with Crippen LogP contribution in [0, 0.1) is 13.8 Å². The topological polar surface area (TPSA) is 26.3 Å². The Hall–Kier alpha value is -0.960. The molecule has 0 saturated carbocycles. The fourth-order valence-corrected chi connectivity index (χ4v) is 2.56. The van der Waals surface area contributed by atoms with Gasteiger partial charge in [-0.3, -0.25) is 4.79 Å². The molecule has 0 atom stereocenters. The zero-order valence-electron chi connectivity index (χ0n) is 11.7. The third kappa shape index (κ3) is 4.05. The number of carbonyl (C=O) groups is 1. The molecule has 0 spiro atoms. The molecule has 0 saturated heterocycles. The largest absolute Gasteiger partial charge is 0.494 e. The fourth-order valence-electron chi connectivity index (χ4n) is 1.79. The number of aryl methyl sites for hydroxylation is 2. The first kappa shape index (κ1) is 15.1. The molecule has 0 bridgehead atoms. The molecule has 0 aromatic heterocycles. The molecule has 1 aromatic rings. The average molecular weight is 266 g/mol. The Bertz CT molecular complexity index is 413. The molecule has 3 heteroatoms. The summed E-state index contributed by atoms with van der Waals surface area (Å²) in [6.45, 7) is 8.71. The van der Waals surface area contributed by atoms with Crippen LogP contribution in [-0.4, -0.2) is 23.9 Å². The monoisotopic (exact) mass is 266 g/mol. The van der Waals surface area contributed by atoms with Crippen LogP contribution < -0.4 is 4.74 Å². The molecule has 0 aliphatic heterocycles. The highest BCUT2D eigenvalue weighted by molar-refractivity contribution is 7.99. The van der Waals surface area contributed by atoms with Gasteiger partial charge in [0.25, 0.3) is 0 Å². The van der Waals surface area contributed by atoms with E-state index in [2.05, 4.69) is 6.92 Å². The van der Waals surface area contributed by atoms with Gasteiger partial charge in [0.2, 0.25) is 0 Å². The summed E-state index contributed by atoms with van der Waals surface area (Å²) >= 11 is 1.70. The van der Waals surface area contributed by atoms with Crippen LogP contribution in [0.5, 0.6) is 5.75 Å². The molecule has 100 valence electrons. The van der Waals surface area contributed by atoms with E-state index in [0.717, 1.165) is 34.6 Å². The molecule has 0 heterocycles. The third-order valence-electron chi connectivity index (χ3n) is 2.70. The number of ketones is 1. The molecule has 1 aromatic carbocycles. The average Bonchev–Trinajstić information content (AvgIpc) is 2.34. The number of thioether (sulfide) groups is 1. The summed E-state index contributed by atoms with van der Waals surface area (Å²) in [7, 11) is 0. The molecule has 1 rings (SSSR count). The van der Waals surface area contributed by atoms with Crippen LogP contribution in [0.2, 0.25) is 0 Å². The van der Waals surface area contributed by atoms with Crippen molar-refractivity contribution in [1.29, 1.82) is 0 Å². The summed E-state index contributed by atoms with van der Waals surface area (Å²) in [6.07, 6.45) is 1.11. The minimum atomic E-state index is 0.220. The van der Waals surface area contributed by atoms with Gasteiger partial charge >= 0.3 is 0 Å². The zero-order valence-corrected chi connectivity index (χ0v) is 12.5. The summed E-state index contributed by atoms with van der Waals surface area (Å²) in [5.41, 5.74) is 2.87. The molecule has 0 amide bonds. The van der Waals surface area contributed by atoms with E-state index in [9.17, 15) is 4.79 Å². The highest BCUT2D eigenvalue weighted by Crippen LogP contribution is 2.24. The maximum Gasteiger partial charge on any atom is 0.172 e. The predicted molar refractivity (Wildman–Crippen MR) is 79.0 cm³/mol. The molecule has 0 radical (unpaired) electrons. The first-order valence-corrected chi connectivity index (χ1v) is 7.60.